The molecule has 2 nitrogen and oxygen atoms in total. The van der Waals surface area contributed by atoms with Crippen LogP contribution in [0.2, 0.25) is 0 Å². The van der Waals surface area contributed by atoms with E-state index in [1.54, 1.807) is 17.5 Å². The molecule has 0 aromatic carbocycles. The number of halogens is 2. The van der Waals surface area contributed by atoms with Gasteiger partial charge in [0, 0.05) is 34.8 Å². The van der Waals surface area contributed by atoms with Crippen LogP contribution >= 0.6 is 43.2 Å². The van der Waals surface area contributed by atoms with Crippen molar-refractivity contribution in [3.63, 3.8) is 0 Å². The second kappa shape index (κ2) is 5.91. The average Bonchev–Trinajstić information content (AvgIpc) is 2.64. The highest BCUT2D eigenvalue weighted by Crippen LogP contribution is 2.21. The molecule has 1 N–H and O–H groups in total. The lowest BCUT2D eigenvalue weighted by molar-refractivity contribution is 0.698. The zero-order valence-electron chi connectivity index (χ0n) is 8.41. The number of hydrogen-bond acceptors (Lipinski definition) is 3. The first kappa shape index (κ1) is 12.2. The minimum absolute atomic E-state index is 0.835. The van der Waals surface area contributed by atoms with Gasteiger partial charge in [0.25, 0.3) is 0 Å². The number of thiophene rings is 1. The van der Waals surface area contributed by atoms with Crippen molar-refractivity contribution < 1.29 is 0 Å². The molecule has 16 heavy (non-hydrogen) atoms. The van der Waals surface area contributed by atoms with E-state index in [9.17, 15) is 0 Å². The molecule has 0 atom stereocenters. The van der Waals surface area contributed by atoms with Gasteiger partial charge in [-0.15, -0.1) is 11.3 Å². The zero-order chi connectivity index (χ0) is 11.4. The molecule has 0 aliphatic heterocycles. The van der Waals surface area contributed by atoms with Crippen molar-refractivity contribution in [1.29, 1.82) is 0 Å². The van der Waals surface area contributed by atoms with Crippen LogP contribution < -0.4 is 5.32 Å². The average molecular weight is 362 g/mol. The Morgan fingerprint density at radius 3 is 2.75 bits per heavy atom. The van der Waals surface area contributed by atoms with Crippen LogP contribution in [0, 0.1) is 0 Å². The molecule has 0 radical (unpaired) electrons. The summed E-state index contributed by atoms with van der Waals surface area (Å²) in [5.41, 5.74) is 1.19. The molecule has 2 aromatic heterocycles. The van der Waals surface area contributed by atoms with Crippen molar-refractivity contribution >= 4 is 43.2 Å². The second-order valence-electron chi connectivity index (χ2n) is 3.32. The molecule has 2 heterocycles. The van der Waals surface area contributed by atoms with Crippen LogP contribution in [0.25, 0.3) is 0 Å². The Labute approximate surface area is 115 Å². The standard InChI is InChI=1S/C11H10Br2N2S/c12-9-3-8(4-14-6-9)5-15-7-10-1-2-11(13)16-10/h1-4,6,15H,5,7H2. The molecule has 0 aliphatic carbocycles. The number of aromatic nitrogens is 1. The van der Waals surface area contributed by atoms with Gasteiger partial charge in [0.1, 0.15) is 0 Å². The Morgan fingerprint density at radius 2 is 2.06 bits per heavy atom. The summed E-state index contributed by atoms with van der Waals surface area (Å²) < 4.78 is 2.19. The van der Waals surface area contributed by atoms with Gasteiger partial charge < -0.3 is 5.32 Å². The van der Waals surface area contributed by atoms with Crippen molar-refractivity contribution in [2.75, 3.05) is 0 Å². The SMILES string of the molecule is Brc1cncc(CNCc2ccc(Br)s2)c1. The Bertz CT molecular complexity index is 471. The molecular weight excluding hydrogens is 352 g/mol. The third kappa shape index (κ3) is 3.66. The van der Waals surface area contributed by atoms with Gasteiger partial charge in [-0.3, -0.25) is 4.98 Å². The van der Waals surface area contributed by atoms with Crippen molar-refractivity contribution in [2.45, 2.75) is 13.1 Å². The molecule has 2 rings (SSSR count). The fourth-order valence-corrected chi connectivity index (χ4v) is 3.19. The molecule has 0 aliphatic rings. The van der Waals surface area contributed by atoms with E-state index in [0.29, 0.717) is 0 Å². The van der Waals surface area contributed by atoms with Gasteiger partial charge in [0.15, 0.2) is 0 Å². The number of pyridine rings is 1. The van der Waals surface area contributed by atoms with E-state index in [-0.39, 0.29) is 0 Å². The molecule has 0 fully saturated rings. The molecule has 2 aromatic rings. The summed E-state index contributed by atoms with van der Waals surface area (Å²) in [6.45, 7) is 1.73. The lowest BCUT2D eigenvalue weighted by atomic mass is 10.3. The highest BCUT2D eigenvalue weighted by molar-refractivity contribution is 9.11. The predicted octanol–water partition coefficient (Wildman–Crippen LogP) is 3.96. The van der Waals surface area contributed by atoms with Gasteiger partial charge in [0.05, 0.1) is 3.79 Å². The molecule has 84 valence electrons. The fraction of sp³-hybridized carbons (Fsp3) is 0.182. The summed E-state index contributed by atoms with van der Waals surface area (Å²) in [5, 5.41) is 3.39. The lowest BCUT2D eigenvalue weighted by Gasteiger charge is -2.03. The molecular formula is C11H10Br2N2S. The smallest absolute Gasteiger partial charge is 0.0701 e. The summed E-state index contributed by atoms with van der Waals surface area (Å²) in [6, 6.07) is 6.27. The Hall–Kier alpha value is -0.230. The van der Waals surface area contributed by atoms with Gasteiger partial charge in [-0.2, -0.15) is 0 Å². The Kier molecular flexibility index (Phi) is 4.52. The van der Waals surface area contributed by atoms with E-state index in [1.807, 2.05) is 6.20 Å². The zero-order valence-corrected chi connectivity index (χ0v) is 12.4. The van der Waals surface area contributed by atoms with E-state index < -0.39 is 0 Å². The van der Waals surface area contributed by atoms with E-state index in [4.69, 9.17) is 0 Å². The molecule has 0 saturated heterocycles. The third-order valence-corrected chi connectivity index (χ3v) is 4.08. The highest BCUT2D eigenvalue weighted by atomic mass is 79.9. The van der Waals surface area contributed by atoms with Crippen LogP contribution in [0.5, 0.6) is 0 Å². The van der Waals surface area contributed by atoms with Crippen LogP contribution in [0.3, 0.4) is 0 Å². The number of rotatable bonds is 4. The predicted molar refractivity (Wildman–Crippen MR) is 74.5 cm³/mol. The Morgan fingerprint density at radius 1 is 1.19 bits per heavy atom. The summed E-state index contributed by atoms with van der Waals surface area (Å²) in [6.07, 6.45) is 3.67. The summed E-state index contributed by atoms with van der Waals surface area (Å²) in [7, 11) is 0. The van der Waals surface area contributed by atoms with Crippen molar-refractivity contribution in [3.05, 3.63) is 49.3 Å². The van der Waals surface area contributed by atoms with Crippen LogP contribution in [0.4, 0.5) is 0 Å². The summed E-state index contributed by atoms with van der Waals surface area (Å²) in [4.78, 5) is 5.45. The van der Waals surface area contributed by atoms with Crippen molar-refractivity contribution in [3.8, 4) is 0 Å². The molecule has 0 spiro atoms. The molecule has 0 bridgehead atoms. The molecule has 0 unspecified atom stereocenters. The topological polar surface area (TPSA) is 24.9 Å². The first-order chi connectivity index (χ1) is 7.74. The van der Waals surface area contributed by atoms with Gasteiger partial charge in [-0.1, -0.05) is 0 Å². The third-order valence-electron chi connectivity index (χ3n) is 2.02. The number of nitrogens with one attached hydrogen (secondary N) is 1. The monoisotopic (exact) mass is 360 g/mol. The second-order valence-corrected chi connectivity index (χ2v) is 6.78. The van der Waals surface area contributed by atoms with Gasteiger partial charge in [-0.25, -0.2) is 0 Å². The summed E-state index contributed by atoms with van der Waals surface area (Å²) >= 11 is 8.62. The van der Waals surface area contributed by atoms with E-state index in [2.05, 4.69) is 60.4 Å². The maximum atomic E-state index is 4.12. The number of hydrogen-bond donors (Lipinski definition) is 1. The Balaban J connectivity index is 1.84. The fourth-order valence-electron chi connectivity index (χ4n) is 1.33. The normalized spacial score (nSPS) is 10.6. The lowest BCUT2D eigenvalue weighted by Crippen LogP contribution is -2.11. The molecule has 0 amide bonds. The molecule has 0 saturated carbocycles. The highest BCUT2D eigenvalue weighted by Gasteiger charge is 1.98. The van der Waals surface area contributed by atoms with Crippen LogP contribution in [0.1, 0.15) is 10.4 Å². The number of nitrogens with zero attached hydrogens (tertiary/aromatic N) is 1. The van der Waals surface area contributed by atoms with Crippen LogP contribution in [0.15, 0.2) is 38.9 Å². The van der Waals surface area contributed by atoms with Crippen LogP contribution in [-0.4, -0.2) is 4.98 Å². The first-order valence-corrected chi connectivity index (χ1v) is 7.18. The maximum Gasteiger partial charge on any atom is 0.0701 e. The van der Waals surface area contributed by atoms with Crippen LogP contribution in [-0.2, 0) is 13.1 Å². The van der Waals surface area contributed by atoms with Gasteiger partial charge in [-0.05, 0) is 55.6 Å². The van der Waals surface area contributed by atoms with E-state index in [1.165, 1.54) is 14.2 Å². The first-order valence-electron chi connectivity index (χ1n) is 4.78. The van der Waals surface area contributed by atoms with Gasteiger partial charge in [0.2, 0.25) is 0 Å². The largest absolute Gasteiger partial charge is 0.308 e. The quantitative estimate of drug-likeness (QED) is 0.891. The summed E-state index contributed by atoms with van der Waals surface area (Å²) in [5.74, 6) is 0. The van der Waals surface area contributed by atoms with Gasteiger partial charge >= 0.3 is 0 Å². The van der Waals surface area contributed by atoms with Crippen molar-refractivity contribution in [1.82, 2.24) is 10.3 Å². The maximum absolute atomic E-state index is 4.12. The van der Waals surface area contributed by atoms with E-state index >= 15 is 0 Å². The minimum atomic E-state index is 0.835. The van der Waals surface area contributed by atoms with E-state index in [0.717, 1.165) is 17.6 Å². The molecule has 5 heteroatoms. The minimum Gasteiger partial charge on any atom is -0.308 e. The van der Waals surface area contributed by atoms with Crippen molar-refractivity contribution in [2.24, 2.45) is 0 Å².